The summed E-state index contributed by atoms with van der Waals surface area (Å²) in [6.45, 7) is 29.9. The molecule has 234 valence electrons. The molecule has 41 heavy (non-hydrogen) atoms. The van der Waals surface area contributed by atoms with E-state index in [1.165, 1.54) is 32.1 Å². The van der Waals surface area contributed by atoms with Gasteiger partial charge in [-0.25, -0.2) is 0 Å². The largest absolute Gasteiger partial charge is 0.469 e. The van der Waals surface area contributed by atoms with Crippen molar-refractivity contribution in [2.75, 3.05) is 7.11 Å². The summed E-state index contributed by atoms with van der Waals surface area (Å²) >= 11 is 0. The summed E-state index contributed by atoms with van der Waals surface area (Å²) < 4.78 is 12.8. The number of allylic oxidation sites excluding steroid dienone is 2. The van der Waals surface area contributed by atoms with E-state index in [2.05, 4.69) is 88.4 Å². The van der Waals surface area contributed by atoms with Crippen LogP contribution < -0.4 is 0 Å². The normalized spacial score (nSPS) is 45.3. The Morgan fingerprint density at radius 1 is 0.878 bits per heavy atom. The second-order valence-electron chi connectivity index (χ2n) is 19.1. The first-order valence-electron chi connectivity index (χ1n) is 17.1. The molecule has 4 fully saturated rings. The molecule has 0 saturated heterocycles. The highest BCUT2D eigenvalue weighted by atomic mass is 28.4. The minimum absolute atomic E-state index is 0.0608. The van der Waals surface area contributed by atoms with Crippen molar-refractivity contribution in [3.8, 4) is 0 Å². The molecule has 5 rings (SSSR count). The van der Waals surface area contributed by atoms with Crippen LogP contribution in [0.4, 0.5) is 0 Å². The van der Waals surface area contributed by atoms with Gasteiger partial charge in [-0.2, -0.15) is 0 Å². The first kappa shape index (κ1) is 31.8. The highest BCUT2D eigenvalue weighted by Gasteiger charge is 2.69. The monoisotopic (exact) mass is 584 g/mol. The van der Waals surface area contributed by atoms with E-state index in [-0.39, 0.29) is 38.1 Å². The second kappa shape index (κ2) is 9.45. The van der Waals surface area contributed by atoms with Gasteiger partial charge in [0.15, 0.2) is 8.32 Å². The molecule has 0 radical (unpaired) electrons. The van der Waals surface area contributed by atoms with E-state index in [1.807, 2.05) is 0 Å². The van der Waals surface area contributed by atoms with Gasteiger partial charge in [-0.05, 0) is 127 Å². The van der Waals surface area contributed by atoms with Crippen LogP contribution in [0.5, 0.6) is 0 Å². The van der Waals surface area contributed by atoms with Gasteiger partial charge in [0, 0.05) is 0 Å². The van der Waals surface area contributed by atoms with E-state index < -0.39 is 8.32 Å². The fourth-order valence-corrected chi connectivity index (χ4v) is 13.0. The third-order valence-corrected chi connectivity index (χ3v) is 19.9. The Bertz CT molecular complexity index is 1100. The Morgan fingerprint density at radius 3 is 2.12 bits per heavy atom. The average molecular weight is 585 g/mol. The van der Waals surface area contributed by atoms with Crippen LogP contribution in [0.2, 0.25) is 18.1 Å². The number of fused-ring (bicyclic) bond motifs is 7. The molecular formula is C37H64O3Si. The minimum atomic E-state index is -1.84. The van der Waals surface area contributed by atoms with E-state index in [1.54, 1.807) is 12.7 Å². The van der Waals surface area contributed by atoms with Crippen molar-refractivity contribution in [1.29, 1.82) is 0 Å². The van der Waals surface area contributed by atoms with Crippen molar-refractivity contribution in [3.63, 3.8) is 0 Å². The van der Waals surface area contributed by atoms with Crippen molar-refractivity contribution >= 4 is 14.3 Å². The van der Waals surface area contributed by atoms with Gasteiger partial charge in [-0.3, -0.25) is 4.79 Å². The Labute approximate surface area is 254 Å². The molecule has 3 unspecified atom stereocenters. The summed E-state index contributed by atoms with van der Waals surface area (Å²) in [5.41, 5.74) is 2.49. The maximum absolute atomic E-state index is 13.5. The Kier molecular flexibility index (Phi) is 7.33. The SMILES string of the molecule is COC(=O)[C@]12CCC(C)(C)C[C@H]1C1=CCC3[C@@]4(C)CCC(O[Si](C)(C)C(C)(C)C)C(C)(C)C4CC[C@@]3(C)[C@@]1(C)CC2. The summed E-state index contributed by atoms with van der Waals surface area (Å²) in [7, 11) is -0.228. The van der Waals surface area contributed by atoms with Crippen LogP contribution in [0.1, 0.15) is 133 Å². The maximum Gasteiger partial charge on any atom is 0.312 e. The fraction of sp³-hybridized carbons (Fsp3) is 0.919. The predicted octanol–water partition coefficient (Wildman–Crippen LogP) is 10.4. The molecule has 3 nitrogen and oxygen atoms in total. The molecule has 0 bridgehead atoms. The van der Waals surface area contributed by atoms with Gasteiger partial charge < -0.3 is 9.16 Å². The van der Waals surface area contributed by atoms with E-state index >= 15 is 0 Å². The molecule has 4 heteroatoms. The van der Waals surface area contributed by atoms with Crippen LogP contribution in [0.15, 0.2) is 11.6 Å². The fourth-order valence-electron chi connectivity index (χ4n) is 11.5. The van der Waals surface area contributed by atoms with E-state index in [9.17, 15) is 4.79 Å². The number of ether oxygens (including phenoxy) is 1. The van der Waals surface area contributed by atoms with Crippen molar-refractivity contribution in [1.82, 2.24) is 0 Å². The zero-order valence-corrected chi connectivity index (χ0v) is 30.2. The zero-order valence-electron chi connectivity index (χ0n) is 29.2. The lowest BCUT2D eigenvalue weighted by molar-refractivity contribution is -0.204. The molecule has 0 aromatic rings. The van der Waals surface area contributed by atoms with Crippen molar-refractivity contribution in [2.45, 2.75) is 158 Å². The van der Waals surface area contributed by atoms with Crippen molar-refractivity contribution < 1.29 is 14.0 Å². The van der Waals surface area contributed by atoms with Gasteiger partial charge in [0.05, 0.1) is 18.6 Å². The Morgan fingerprint density at radius 2 is 1.51 bits per heavy atom. The second-order valence-corrected chi connectivity index (χ2v) is 23.8. The van der Waals surface area contributed by atoms with Gasteiger partial charge >= 0.3 is 5.97 Å². The van der Waals surface area contributed by atoms with Gasteiger partial charge in [0.25, 0.3) is 0 Å². The Balaban J connectivity index is 1.51. The van der Waals surface area contributed by atoms with Crippen LogP contribution in [-0.2, 0) is 14.0 Å². The molecule has 0 aromatic carbocycles. The summed E-state index contributed by atoms with van der Waals surface area (Å²) in [5.74, 6) is 1.75. The number of methoxy groups -OCH3 is 1. The lowest BCUT2D eigenvalue weighted by Crippen LogP contribution is -2.65. The van der Waals surface area contributed by atoms with Crippen LogP contribution in [0.25, 0.3) is 0 Å². The Hall–Kier alpha value is -0.613. The molecule has 8 atom stereocenters. The summed E-state index contributed by atoms with van der Waals surface area (Å²) in [6, 6.07) is 0. The molecule has 0 N–H and O–H groups in total. The minimum Gasteiger partial charge on any atom is -0.469 e. The first-order chi connectivity index (χ1) is 18.6. The molecule has 0 aliphatic heterocycles. The molecule has 0 aromatic heterocycles. The standard InChI is InChI=1S/C37H64O3Si/c1-31(2,3)41(12,13)40-29-17-18-34(8)27(33(29,6)7)16-19-36(10)28(34)15-14-25-26-24-32(4,5)20-22-37(26,30(38)39-11)23-21-35(25,36)9/h14,26-29H,15-24H2,1-13H3/t26-,27?,28?,29?,34-,35-,36+,37-/m0/s1. The smallest absolute Gasteiger partial charge is 0.312 e. The molecule has 0 spiro atoms. The molecule has 5 aliphatic carbocycles. The number of carbonyl (C=O) groups is 1. The molecule has 0 heterocycles. The molecular weight excluding hydrogens is 520 g/mol. The van der Waals surface area contributed by atoms with E-state index in [0.29, 0.717) is 29.3 Å². The van der Waals surface area contributed by atoms with Gasteiger partial charge in [0.1, 0.15) is 0 Å². The number of carbonyl (C=O) groups excluding carboxylic acids is 1. The summed E-state index contributed by atoms with van der Waals surface area (Å²) in [4.78, 5) is 13.5. The molecule has 5 aliphatic rings. The number of hydrogen-bond acceptors (Lipinski definition) is 3. The van der Waals surface area contributed by atoms with E-state index in [4.69, 9.17) is 9.16 Å². The van der Waals surface area contributed by atoms with Gasteiger partial charge in [0.2, 0.25) is 0 Å². The van der Waals surface area contributed by atoms with Crippen LogP contribution in [0, 0.1) is 50.2 Å². The van der Waals surface area contributed by atoms with Gasteiger partial charge in [-0.1, -0.05) is 80.9 Å². The van der Waals surface area contributed by atoms with Crippen molar-refractivity contribution in [3.05, 3.63) is 11.6 Å². The van der Waals surface area contributed by atoms with Crippen molar-refractivity contribution in [2.24, 2.45) is 50.2 Å². The van der Waals surface area contributed by atoms with E-state index in [0.717, 1.165) is 32.1 Å². The average Bonchev–Trinajstić information content (AvgIpc) is 2.84. The molecule has 4 saturated carbocycles. The highest BCUT2D eigenvalue weighted by molar-refractivity contribution is 6.74. The number of hydrogen-bond donors (Lipinski definition) is 0. The lowest BCUT2D eigenvalue weighted by atomic mass is 9.33. The van der Waals surface area contributed by atoms with Crippen LogP contribution in [0.3, 0.4) is 0 Å². The van der Waals surface area contributed by atoms with Gasteiger partial charge in [-0.15, -0.1) is 0 Å². The first-order valence-corrected chi connectivity index (χ1v) is 20.0. The number of esters is 1. The lowest BCUT2D eigenvalue weighted by Gasteiger charge is -2.71. The topological polar surface area (TPSA) is 35.5 Å². The summed E-state index contributed by atoms with van der Waals surface area (Å²) in [5, 5.41) is 0.238. The third kappa shape index (κ3) is 4.36. The van der Waals surface area contributed by atoms with Crippen LogP contribution >= 0.6 is 0 Å². The predicted molar refractivity (Wildman–Crippen MR) is 173 cm³/mol. The molecule has 0 amide bonds. The third-order valence-electron chi connectivity index (χ3n) is 15.4. The maximum atomic E-state index is 13.5. The van der Waals surface area contributed by atoms with Crippen LogP contribution in [-0.4, -0.2) is 27.5 Å². The highest BCUT2D eigenvalue weighted by Crippen LogP contribution is 2.76. The number of rotatable bonds is 3. The summed E-state index contributed by atoms with van der Waals surface area (Å²) in [6.07, 6.45) is 14.6. The quantitative estimate of drug-likeness (QED) is 0.188. The zero-order chi connectivity index (χ0) is 30.7.